The fourth-order valence-corrected chi connectivity index (χ4v) is 5.72. The zero-order valence-electron chi connectivity index (χ0n) is 20.5. The Morgan fingerprint density at radius 2 is 1.81 bits per heavy atom. The third-order valence-corrected chi connectivity index (χ3v) is 7.44. The van der Waals surface area contributed by atoms with E-state index in [-0.39, 0.29) is 11.8 Å². The van der Waals surface area contributed by atoms with Crippen LogP contribution in [0.15, 0.2) is 77.4 Å². The first-order chi connectivity index (χ1) is 17.4. The van der Waals surface area contributed by atoms with Crippen molar-refractivity contribution < 1.29 is 14.3 Å². The highest BCUT2D eigenvalue weighted by Gasteiger charge is 2.45. The number of para-hydroxylation sites is 1. The second-order valence-corrected chi connectivity index (χ2v) is 10.1. The van der Waals surface area contributed by atoms with Gasteiger partial charge in [0.1, 0.15) is 0 Å². The highest BCUT2D eigenvalue weighted by atomic mass is 79.9. The number of hydrogen-bond donors (Lipinski definition) is 1. The Bertz CT molecular complexity index is 1460. The lowest BCUT2D eigenvalue weighted by Crippen LogP contribution is -2.47. The Hall–Kier alpha value is -3.42. The van der Waals surface area contributed by atoms with Gasteiger partial charge in [-0.3, -0.25) is 9.59 Å². The molecule has 2 heterocycles. The predicted molar refractivity (Wildman–Crippen MR) is 145 cm³/mol. The molecule has 3 aromatic carbocycles. The number of amides is 2. The first kappa shape index (κ1) is 24.3. The second kappa shape index (κ2) is 9.91. The number of carbonyl (C=O) groups excluding carboxylic acids is 2. The van der Waals surface area contributed by atoms with Gasteiger partial charge in [-0.05, 0) is 48.4 Å². The molecule has 0 aliphatic carbocycles. The van der Waals surface area contributed by atoms with Crippen LogP contribution in [0.5, 0.6) is 0 Å². The van der Waals surface area contributed by atoms with Crippen LogP contribution in [0.2, 0.25) is 0 Å². The van der Waals surface area contributed by atoms with Gasteiger partial charge in [0.15, 0.2) is 0 Å². The summed E-state index contributed by atoms with van der Waals surface area (Å²) in [7, 11) is 3.61. The molecule has 0 saturated heterocycles. The number of hydrogen-bond acceptors (Lipinski definition) is 3. The molecular formula is C29H28BrN3O3. The fourth-order valence-electron chi connectivity index (χ4n) is 5.24. The van der Waals surface area contributed by atoms with Crippen molar-refractivity contribution in [3.63, 3.8) is 0 Å². The maximum Gasteiger partial charge on any atom is 0.254 e. The average molecular weight is 546 g/mol. The number of ether oxygens (including phenoxy) is 1. The Balaban J connectivity index is 1.69. The van der Waals surface area contributed by atoms with Crippen molar-refractivity contribution in [2.24, 2.45) is 7.05 Å². The van der Waals surface area contributed by atoms with Gasteiger partial charge in [-0.25, -0.2) is 0 Å². The molecule has 0 spiro atoms. The summed E-state index contributed by atoms with van der Waals surface area (Å²) in [6.45, 7) is 2.71. The van der Waals surface area contributed by atoms with Gasteiger partial charge < -0.3 is 19.5 Å². The van der Waals surface area contributed by atoms with Gasteiger partial charge in [0.25, 0.3) is 5.91 Å². The number of anilines is 1. The van der Waals surface area contributed by atoms with Crippen LogP contribution in [0.1, 0.15) is 39.0 Å². The van der Waals surface area contributed by atoms with E-state index in [1.54, 1.807) is 12.0 Å². The van der Waals surface area contributed by atoms with Crippen molar-refractivity contribution in [2.45, 2.75) is 18.9 Å². The molecule has 2 amide bonds. The summed E-state index contributed by atoms with van der Waals surface area (Å²) in [4.78, 5) is 29.7. The van der Waals surface area contributed by atoms with Gasteiger partial charge in [0, 0.05) is 59.1 Å². The highest BCUT2D eigenvalue weighted by Crippen LogP contribution is 2.45. The summed E-state index contributed by atoms with van der Waals surface area (Å²) in [5, 5.41) is 4.18. The van der Waals surface area contributed by atoms with E-state index >= 15 is 0 Å². The molecule has 1 aliphatic heterocycles. The smallest absolute Gasteiger partial charge is 0.254 e. The normalized spacial score (nSPS) is 17.3. The second-order valence-electron chi connectivity index (χ2n) is 9.16. The molecule has 0 unspecified atom stereocenters. The van der Waals surface area contributed by atoms with Gasteiger partial charge in [-0.2, -0.15) is 0 Å². The van der Waals surface area contributed by atoms with Crippen molar-refractivity contribution in [3.8, 4) is 0 Å². The number of carbonyl (C=O) groups is 2. The zero-order chi connectivity index (χ0) is 25.4. The molecule has 0 radical (unpaired) electrons. The van der Waals surface area contributed by atoms with Crippen LogP contribution >= 0.6 is 15.9 Å². The Labute approximate surface area is 219 Å². The lowest BCUT2D eigenvalue weighted by atomic mass is 9.79. The summed E-state index contributed by atoms with van der Waals surface area (Å²) < 4.78 is 8.38. The van der Waals surface area contributed by atoms with Crippen molar-refractivity contribution in [1.29, 1.82) is 0 Å². The summed E-state index contributed by atoms with van der Waals surface area (Å²) >= 11 is 3.49. The first-order valence-electron chi connectivity index (χ1n) is 11.9. The molecule has 1 aliphatic rings. The van der Waals surface area contributed by atoms with E-state index < -0.39 is 12.0 Å². The molecule has 4 aromatic rings. The van der Waals surface area contributed by atoms with Gasteiger partial charge in [0.2, 0.25) is 5.91 Å². The van der Waals surface area contributed by atoms with Gasteiger partial charge in [0.05, 0.1) is 18.6 Å². The lowest BCUT2D eigenvalue weighted by Gasteiger charge is -2.41. The summed E-state index contributed by atoms with van der Waals surface area (Å²) in [5.41, 5.74) is 4.99. The number of methoxy groups -OCH3 is 1. The zero-order valence-corrected chi connectivity index (χ0v) is 22.1. The number of aromatic nitrogens is 1. The Morgan fingerprint density at radius 3 is 2.58 bits per heavy atom. The van der Waals surface area contributed by atoms with E-state index in [4.69, 9.17) is 4.74 Å². The van der Waals surface area contributed by atoms with E-state index in [1.165, 1.54) is 0 Å². The Morgan fingerprint density at radius 1 is 1.06 bits per heavy atom. The number of nitrogens with zero attached hydrogens (tertiary/aromatic N) is 2. The number of benzene rings is 3. The van der Waals surface area contributed by atoms with Crippen LogP contribution in [-0.2, 0) is 16.6 Å². The summed E-state index contributed by atoms with van der Waals surface area (Å²) in [6, 6.07) is 20.8. The van der Waals surface area contributed by atoms with Crippen LogP contribution in [0.25, 0.3) is 10.9 Å². The third-order valence-electron chi connectivity index (χ3n) is 6.95. The molecule has 5 rings (SSSR count). The minimum Gasteiger partial charge on any atom is -0.383 e. The van der Waals surface area contributed by atoms with E-state index in [0.29, 0.717) is 18.7 Å². The monoisotopic (exact) mass is 545 g/mol. The lowest BCUT2D eigenvalue weighted by molar-refractivity contribution is -0.119. The van der Waals surface area contributed by atoms with Gasteiger partial charge in [-0.15, -0.1) is 0 Å². The molecule has 0 saturated carbocycles. The first-order valence-corrected chi connectivity index (χ1v) is 12.7. The standard InChI is InChI=1S/C29H28BrN3O3/c1-18-16-19(30)12-13-24(18)31-28(34)26-21-9-4-5-10-22(21)29(35)33(14-15-36-3)27(26)23-17-32(2)25-11-7-6-8-20(23)25/h4-13,16-17,26-27H,14-15H2,1-3H3,(H,31,34)/t26-,27-/m0/s1. The van der Waals surface area contributed by atoms with Crippen LogP contribution in [0.4, 0.5) is 5.69 Å². The van der Waals surface area contributed by atoms with Crippen molar-refractivity contribution in [1.82, 2.24) is 9.47 Å². The quantitative estimate of drug-likeness (QED) is 0.332. The molecular weight excluding hydrogens is 518 g/mol. The largest absolute Gasteiger partial charge is 0.383 e. The molecule has 0 fully saturated rings. The molecule has 0 bridgehead atoms. The van der Waals surface area contributed by atoms with E-state index in [0.717, 1.165) is 37.8 Å². The van der Waals surface area contributed by atoms with Crippen LogP contribution in [0.3, 0.4) is 0 Å². The maximum absolute atomic E-state index is 14.1. The molecule has 36 heavy (non-hydrogen) atoms. The number of halogens is 1. The van der Waals surface area contributed by atoms with Crippen molar-refractivity contribution in [3.05, 3.63) is 99.7 Å². The topological polar surface area (TPSA) is 63.6 Å². The SMILES string of the molecule is COCCN1C(=O)c2ccccc2[C@H](C(=O)Nc2ccc(Br)cc2C)[C@@H]1c1cn(C)c2ccccc12. The number of fused-ring (bicyclic) bond motifs is 2. The molecule has 1 aromatic heterocycles. The van der Waals surface area contributed by atoms with Crippen LogP contribution in [-0.4, -0.2) is 41.5 Å². The van der Waals surface area contributed by atoms with E-state index in [2.05, 4.69) is 37.9 Å². The van der Waals surface area contributed by atoms with Crippen LogP contribution < -0.4 is 5.32 Å². The highest BCUT2D eigenvalue weighted by molar-refractivity contribution is 9.10. The molecule has 2 atom stereocenters. The minimum absolute atomic E-state index is 0.0931. The Kier molecular flexibility index (Phi) is 6.69. The van der Waals surface area contributed by atoms with Crippen molar-refractivity contribution in [2.75, 3.05) is 25.6 Å². The third kappa shape index (κ3) is 4.22. The van der Waals surface area contributed by atoms with E-state index in [9.17, 15) is 9.59 Å². The predicted octanol–water partition coefficient (Wildman–Crippen LogP) is 5.82. The average Bonchev–Trinajstić information content (AvgIpc) is 3.21. The van der Waals surface area contributed by atoms with Gasteiger partial charge in [-0.1, -0.05) is 52.3 Å². The van der Waals surface area contributed by atoms with E-state index in [1.807, 2.05) is 74.8 Å². The van der Waals surface area contributed by atoms with Crippen molar-refractivity contribution >= 4 is 44.3 Å². The number of rotatable bonds is 6. The summed E-state index contributed by atoms with van der Waals surface area (Å²) in [6.07, 6.45) is 2.04. The molecule has 184 valence electrons. The molecule has 7 heteroatoms. The maximum atomic E-state index is 14.1. The number of aryl methyl sites for hydroxylation is 2. The van der Waals surface area contributed by atoms with Gasteiger partial charge >= 0.3 is 0 Å². The number of nitrogens with one attached hydrogen (secondary N) is 1. The fraction of sp³-hybridized carbons (Fsp3) is 0.241. The molecule has 6 nitrogen and oxygen atoms in total. The van der Waals surface area contributed by atoms with Crippen LogP contribution in [0, 0.1) is 6.92 Å². The minimum atomic E-state index is -0.607. The summed E-state index contributed by atoms with van der Waals surface area (Å²) in [5.74, 6) is -0.852. The molecule has 1 N–H and O–H groups in total.